The van der Waals surface area contributed by atoms with E-state index < -0.39 is 0 Å². The van der Waals surface area contributed by atoms with Crippen molar-refractivity contribution in [2.24, 2.45) is 7.05 Å². The lowest BCUT2D eigenvalue weighted by Crippen LogP contribution is -2.28. The number of hydrogen-bond acceptors (Lipinski definition) is 3. The number of nitrogens with zero attached hydrogens (tertiary/aromatic N) is 3. The molecule has 15 heavy (non-hydrogen) atoms. The third kappa shape index (κ3) is 1.87. The zero-order chi connectivity index (χ0) is 10.8. The highest BCUT2D eigenvalue weighted by atomic mass is 16.7. The first kappa shape index (κ1) is 10.2. The van der Waals surface area contributed by atoms with Crippen LogP contribution in [0.25, 0.3) is 0 Å². The van der Waals surface area contributed by atoms with Crippen LogP contribution in [0, 0.1) is 0 Å². The van der Waals surface area contributed by atoms with E-state index >= 15 is 0 Å². The smallest absolute Gasteiger partial charge is 0.271 e. The van der Waals surface area contributed by atoms with Crippen molar-refractivity contribution in [1.82, 2.24) is 14.8 Å². The largest absolute Gasteiger partial charge is 0.295 e. The Morgan fingerprint density at radius 2 is 2.47 bits per heavy atom. The molecule has 1 amide bonds. The molecule has 0 spiro atoms. The molecule has 5 heteroatoms. The highest BCUT2D eigenvalue weighted by molar-refractivity contribution is 5.92. The average molecular weight is 209 g/mol. The Labute approximate surface area is 88.6 Å². The Kier molecular flexibility index (Phi) is 2.73. The number of amides is 1. The van der Waals surface area contributed by atoms with Gasteiger partial charge in [0.25, 0.3) is 5.91 Å². The molecular weight excluding hydrogens is 194 g/mol. The number of aryl methyl sites for hydroxylation is 2. The Bertz CT molecular complexity index is 367. The summed E-state index contributed by atoms with van der Waals surface area (Å²) in [6, 6.07) is 1.82. The van der Waals surface area contributed by atoms with Gasteiger partial charge in [0, 0.05) is 7.05 Å². The first-order valence-corrected chi connectivity index (χ1v) is 5.20. The summed E-state index contributed by atoms with van der Waals surface area (Å²) >= 11 is 0. The molecule has 1 saturated heterocycles. The lowest BCUT2D eigenvalue weighted by atomic mass is 10.3. The molecule has 1 aromatic heterocycles. The zero-order valence-electron chi connectivity index (χ0n) is 9.06. The van der Waals surface area contributed by atoms with Crippen LogP contribution in [0.5, 0.6) is 0 Å². The first-order valence-electron chi connectivity index (χ1n) is 5.20. The fraction of sp³-hybridized carbons (Fsp3) is 0.600. The summed E-state index contributed by atoms with van der Waals surface area (Å²) < 4.78 is 1.61. The van der Waals surface area contributed by atoms with E-state index in [1.54, 1.807) is 11.7 Å². The molecule has 1 aliphatic heterocycles. The number of carbonyl (C=O) groups is 1. The second-order valence-corrected chi connectivity index (χ2v) is 3.59. The van der Waals surface area contributed by atoms with E-state index in [9.17, 15) is 4.79 Å². The van der Waals surface area contributed by atoms with Gasteiger partial charge >= 0.3 is 0 Å². The van der Waals surface area contributed by atoms with Gasteiger partial charge in [-0.15, -0.1) is 0 Å². The number of rotatable bonds is 2. The Morgan fingerprint density at radius 1 is 1.67 bits per heavy atom. The van der Waals surface area contributed by atoms with E-state index in [-0.39, 0.29) is 5.91 Å². The van der Waals surface area contributed by atoms with Crippen LogP contribution in [0.3, 0.4) is 0 Å². The van der Waals surface area contributed by atoms with Crippen molar-refractivity contribution in [2.75, 3.05) is 13.2 Å². The summed E-state index contributed by atoms with van der Waals surface area (Å²) in [7, 11) is 1.78. The minimum Gasteiger partial charge on any atom is -0.271 e. The molecule has 5 nitrogen and oxygen atoms in total. The zero-order valence-corrected chi connectivity index (χ0v) is 9.06. The van der Waals surface area contributed by atoms with Crippen molar-refractivity contribution in [1.29, 1.82) is 0 Å². The first-order chi connectivity index (χ1) is 7.22. The molecule has 1 fully saturated rings. The van der Waals surface area contributed by atoms with Crippen molar-refractivity contribution in [3.63, 3.8) is 0 Å². The second kappa shape index (κ2) is 4.02. The maximum absolute atomic E-state index is 11.9. The lowest BCUT2D eigenvalue weighted by Gasteiger charge is -2.13. The fourth-order valence-electron chi connectivity index (χ4n) is 1.63. The van der Waals surface area contributed by atoms with Crippen LogP contribution in [0.1, 0.15) is 29.5 Å². The molecule has 0 atom stereocenters. The lowest BCUT2D eigenvalue weighted by molar-refractivity contribution is -0.0774. The molecule has 0 saturated carbocycles. The van der Waals surface area contributed by atoms with Gasteiger partial charge in [0.15, 0.2) is 0 Å². The molecule has 0 bridgehead atoms. The van der Waals surface area contributed by atoms with E-state index in [0.717, 1.165) is 18.5 Å². The van der Waals surface area contributed by atoms with E-state index in [2.05, 4.69) is 5.10 Å². The van der Waals surface area contributed by atoms with Crippen molar-refractivity contribution in [2.45, 2.75) is 19.8 Å². The SMILES string of the molecule is CCc1cc(C(=O)N2CCCO2)n(C)n1. The second-order valence-electron chi connectivity index (χ2n) is 3.59. The van der Waals surface area contributed by atoms with Crippen LogP contribution in [0.4, 0.5) is 0 Å². The highest BCUT2D eigenvalue weighted by Crippen LogP contribution is 2.12. The summed E-state index contributed by atoms with van der Waals surface area (Å²) in [4.78, 5) is 17.1. The summed E-state index contributed by atoms with van der Waals surface area (Å²) in [5, 5.41) is 5.65. The van der Waals surface area contributed by atoms with Crippen LogP contribution in [0.2, 0.25) is 0 Å². The van der Waals surface area contributed by atoms with Gasteiger partial charge in [-0.3, -0.25) is 14.3 Å². The summed E-state index contributed by atoms with van der Waals surface area (Å²) in [6.45, 7) is 3.32. The molecular formula is C10H15N3O2. The van der Waals surface area contributed by atoms with Crippen molar-refractivity contribution < 1.29 is 9.63 Å². The Balaban J connectivity index is 2.20. The Hall–Kier alpha value is -1.36. The van der Waals surface area contributed by atoms with E-state index in [1.165, 1.54) is 5.06 Å². The maximum Gasteiger partial charge on any atom is 0.295 e. The molecule has 0 N–H and O–H groups in total. The van der Waals surface area contributed by atoms with Crippen LogP contribution >= 0.6 is 0 Å². The van der Waals surface area contributed by atoms with Crippen LogP contribution < -0.4 is 0 Å². The number of hydrogen-bond donors (Lipinski definition) is 0. The molecule has 1 aliphatic rings. The summed E-state index contributed by atoms with van der Waals surface area (Å²) in [5.41, 5.74) is 1.52. The van der Waals surface area contributed by atoms with Gasteiger partial charge in [-0.1, -0.05) is 6.92 Å². The highest BCUT2D eigenvalue weighted by Gasteiger charge is 2.23. The van der Waals surface area contributed by atoms with Gasteiger partial charge in [0.05, 0.1) is 18.8 Å². The molecule has 1 aromatic rings. The van der Waals surface area contributed by atoms with Crippen LogP contribution in [-0.2, 0) is 18.3 Å². The van der Waals surface area contributed by atoms with Gasteiger partial charge in [-0.05, 0) is 18.9 Å². The normalized spacial score (nSPS) is 16.0. The molecule has 0 radical (unpaired) electrons. The minimum absolute atomic E-state index is 0.0952. The number of carbonyl (C=O) groups excluding carboxylic acids is 1. The predicted molar refractivity (Wildman–Crippen MR) is 54.2 cm³/mol. The van der Waals surface area contributed by atoms with E-state index in [4.69, 9.17) is 4.84 Å². The van der Waals surface area contributed by atoms with Crippen LogP contribution in [0.15, 0.2) is 6.07 Å². The van der Waals surface area contributed by atoms with E-state index in [0.29, 0.717) is 18.8 Å². The maximum atomic E-state index is 11.9. The third-order valence-corrected chi connectivity index (χ3v) is 2.49. The number of aromatic nitrogens is 2. The molecule has 0 aliphatic carbocycles. The standard InChI is InChI=1S/C10H15N3O2/c1-3-8-7-9(12(2)11-8)10(14)13-5-4-6-15-13/h7H,3-6H2,1-2H3. The van der Waals surface area contributed by atoms with Crippen molar-refractivity contribution in [3.8, 4) is 0 Å². The monoisotopic (exact) mass is 209 g/mol. The summed E-state index contributed by atoms with van der Waals surface area (Å²) in [5.74, 6) is -0.0952. The third-order valence-electron chi connectivity index (χ3n) is 2.49. The van der Waals surface area contributed by atoms with Gasteiger partial charge in [0.1, 0.15) is 5.69 Å². The quantitative estimate of drug-likeness (QED) is 0.722. The van der Waals surface area contributed by atoms with Crippen molar-refractivity contribution >= 4 is 5.91 Å². The molecule has 0 aromatic carbocycles. The van der Waals surface area contributed by atoms with Gasteiger partial charge in [-0.25, -0.2) is 5.06 Å². The average Bonchev–Trinajstić information content (AvgIpc) is 2.85. The number of hydroxylamine groups is 2. The van der Waals surface area contributed by atoms with Crippen LogP contribution in [-0.4, -0.2) is 33.9 Å². The predicted octanol–water partition coefficient (Wildman–Crippen LogP) is 0.760. The van der Waals surface area contributed by atoms with Gasteiger partial charge < -0.3 is 0 Å². The molecule has 82 valence electrons. The minimum atomic E-state index is -0.0952. The van der Waals surface area contributed by atoms with Gasteiger partial charge in [0.2, 0.25) is 0 Å². The topological polar surface area (TPSA) is 47.4 Å². The van der Waals surface area contributed by atoms with E-state index in [1.807, 2.05) is 13.0 Å². The fourth-order valence-corrected chi connectivity index (χ4v) is 1.63. The van der Waals surface area contributed by atoms with Gasteiger partial charge in [-0.2, -0.15) is 5.10 Å². The molecule has 0 unspecified atom stereocenters. The molecule has 2 heterocycles. The summed E-state index contributed by atoms with van der Waals surface area (Å²) in [6.07, 6.45) is 1.74. The van der Waals surface area contributed by atoms with Crippen molar-refractivity contribution in [3.05, 3.63) is 17.5 Å². The molecule has 2 rings (SSSR count). The Morgan fingerprint density at radius 3 is 3.00 bits per heavy atom.